The molecule has 0 unspecified atom stereocenters. The first-order valence-corrected chi connectivity index (χ1v) is 5.23. The number of hydrogen-bond donors (Lipinski definition) is 2. The third kappa shape index (κ3) is 4.36. The number of alkyl halides is 2. The molecule has 0 atom stereocenters. The molecule has 0 heterocycles. The highest BCUT2D eigenvalue weighted by Gasteiger charge is 2.07. The highest BCUT2D eigenvalue weighted by molar-refractivity contribution is 5.98. The van der Waals surface area contributed by atoms with E-state index in [1.807, 2.05) is 6.92 Å². The van der Waals surface area contributed by atoms with Crippen LogP contribution >= 0.6 is 0 Å². The number of nitrogens with zero attached hydrogens (tertiary/aromatic N) is 1. The molecule has 1 aromatic carbocycles. The van der Waals surface area contributed by atoms with Crippen molar-refractivity contribution in [3.63, 3.8) is 0 Å². The van der Waals surface area contributed by atoms with Gasteiger partial charge in [0.1, 0.15) is 11.6 Å². The van der Waals surface area contributed by atoms with Gasteiger partial charge in [0.05, 0.1) is 0 Å². The maximum Gasteiger partial charge on any atom is 0.387 e. The number of benzene rings is 1. The van der Waals surface area contributed by atoms with Crippen molar-refractivity contribution in [3.05, 3.63) is 29.8 Å². The van der Waals surface area contributed by atoms with E-state index in [0.717, 1.165) is 6.42 Å². The Bertz CT molecular complexity index is 383. The summed E-state index contributed by atoms with van der Waals surface area (Å²) in [5.74, 6) is 5.86. The second-order valence-electron chi connectivity index (χ2n) is 3.28. The van der Waals surface area contributed by atoms with Crippen LogP contribution < -0.4 is 16.0 Å². The van der Waals surface area contributed by atoms with Crippen LogP contribution in [0.3, 0.4) is 0 Å². The van der Waals surface area contributed by atoms with Crippen LogP contribution in [-0.4, -0.2) is 19.0 Å². The fourth-order valence-electron chi connectivity index (χ4n) is 1.26. The van der Waals surface area contributed by atoms with Gasteiger partial charge in [-0.15, -0.1) is 0 Å². The molecule has 0 amide bonds. The Labute approximate surface area is 98.5 Å². The maximum absolute atomic E-state index is 12.0. The van der Waals surface area contributed by atoms with Crippen LogP contribution in [-0.2, 0) is 0 Å². The van der Waals surface area contributed by atoms with Gasteiger partial charge in [-0.25, -0.2) is 5.84 Å². The predicted octanol–water partition coefficient (Wildman–Crippen LogP) is 1.91. The number of hydrazine groups is 1. The summed E-state index contributed by atoms with van der Waals surface area (Å²) in [6, 6.07) is 6.22. The van der Waals surface area contributed by atoms with Crippen LogP contribution in [0.15, 0.2) is 29.3 Å². The van der Waals surface area contributed by atoms with Crippen LogP contribution in [0.25, 0.3) is 0 Å². The lowest BCUT2D eigenvalue weighted by atomic mass is 10.2. The summed E-state index contributed by atoms with van der Waals surface area (Å²) in [6.07, 6.45) is 0.873. The minimum atomic E-state index is -2.84. The largest absolute Gasteiger partial charge is 0.435 e. The van der Waals surface area contributed by atoms with Crippen molar-refractivity contribution < 1.29 is 13.5 Å². The molecule has 0 aliphatic carbocycles. The average molecular weight is 243 g/mol. The highest BCUT2D eigenvalue weighted by Crippen LogP contribution is 2.16. The first kappa shape index (κ1) is 13.4. The number of nitrogens with one attached hydrogen (secondary N) is 1. The zero-order valence-corrected chi connectivity index (χ0v) is 9.49. The number of ether oxygens (including phenoxy) is 1. The molecule has 1 aromatic rings. The summed E-state index contributed by atoms with van der Waals surface area (Å²) in [5, 5.41) is 0. The van der Waals surface area contributed by atoms with Crippen LogP contribution in [0.4, 0.5) is 8.78 Å². The first-order valence-electron chi connectivity index (χ1n) is 5.23. The monoisotopic (exact) mass is 243 g/mol. The van der Waals surface area contributed by atoms with E-state index in [2.05, 4.69) is 15.2 Å². The molecule has 0 radical (unpaired) electrons. The maximum atomic E-state index is 12.0. The second kappa shape index (κ2) is 6.80. The van der Waals surface area contributed by atoms with E-state index in [1.54, 1.807) is 12.1 Å². The number of hydrogen-bond acceptors (Lipinski definition) is 3. The van der Waals surface area contributed by atoms with Gasteiger partial charge in [0.2, 0.25) is 0 Å². The molecule has 0 fully saturated rings. The van der Waals surface area contributed by atoms with Crippen LogP contribution in [0.1, 0.15) is 18.9 Å². The van der Waals surface area contributed by atoms with Gasteiger partial charge in [0, 0.05) is 12.1 Å². The number of amidine groups is 1. The van der Waals surface area contributed by atoms with E-state index in [-0.39, 0.29) is 5.75 Å². The van der Waals surface area contributed by atoms with Crippen molar-refractivity contribution >= 4 is 5.84 Å². The Kier molecular flexibility index (Phi) is 5.35. The third-order valence-electron chi connectivity index (χ3n) is 1.96. The van der Waals surface area contributed by atoms with E-state index in [0.29, 0.717) is 17.9 Å². The van der Waals surface area contributed by atoms with Gasteiger partial charge in [-0.3, -0.25) is 4.99 Å². The normalized spacial score (nSPS) is 11.7. The molecular formula is C11H15F2N3O. The summed E-state index contributed by atoms with van der Waals surface area (Å²) in [5.41, 5.74) is 3.05. The quantitative estimate of drug-likeness (QED) is 0.359. The van der Waals surface area contributed by atoms with Crippen molar-refractivity contribution in [1.29, 1.82) is 0 Å². The molecule has 0 spiro atoms. The van der Waals surface area contributed by atoms with Gasteiger partial charge in [-0.1, -0.05) is 19.1 Å². The zero-order valence-electron chi connectivity index (χ0n) is 9.49. The molecule has 6 heteroatoms. The lowest BCUT2D eigenvalue weighted by molar-refractivity contribution is -0.0498. The van der Waals surface area contributed by atoms with Crippen LogP contribution in [0.5, 0.6) is 5.75 Å². The fraction of sp³-hybridized carbons (Fsp3) is 0.364. The topological polar surface area (TPSA) is 59.6 Å². The fourth-order valence-corrected chi connectivity index (χ4v) is 1.26. The molecule has 0 saturated heterocycles. The molecule has 0 aromatic heterocycles. The summed E-state index contributed by atoms with van der Waals surface area (Å²) < 4.78 is 28.4. The molecule has 94 valence electrons. The molecule has 0 aliphatic rings. The Morgan fingerprint density at radius 3 is 2.88 bits per heavy atom. The molecule has 3 N–H and O–H groups in total. The molecule has 0 aliphatic heterocycles. The summed E-state index contributed by atoms with van der Waals surface area (Å²) >= 11 is 0. The van der Waals surface area contributed by atoms with Crippen molar-refractivity contribution in [3.8, 4) is 5.75 Å². The van der Waals surface area contributed by atoms with Crippen molar-refractivity contribution in [2.45, 2.75) is 20.0 Å². The van der Waals surface area contributed by atoms with Gasteiger partial charge in [0.25, 0.3) is 0 Å². The number of rotatable bonds is 5. The second-order valence-corrected chi connectivity index (χ2v) is 3.28. The minimum absolute atomic E-state index is 0.0805. The summed E-state index contributed by atoms with van der Waals surface area (Å²) in [4.78, 5) is 4.19. The molecule has 0 bridgehead atoms. The number of aliphatic imine (C=N–C) groups is 1. The Hall–Kier alpha value is -1.69. The van der Waals surface area contributed by atoms with E-state index >= 15 is 0 Å². The van der Waals surface area contributed by atoms with Gasteiger partial charge in [-0.2, -0.15) is 8.78 Å². The van der Waals surface area contributed by atoms with E-state index < -0.39 is 6.61 Å². The van der Waals surface area contributed by atoms with Gasteiger partial charge in [0.15, 0.2) is 0 Å². The Morgan fingerprint density at radius 2 is 2.29 bits per heavy atom. The third-order valence-corrected chi connectivity index (χ3v) is 1.96. The van der Waals surface area contributed by atoms with Crippen molar-refractivity contribution in [2.75, 3.05) is 6.54 Å². The summed E-state index contributed by atoms with van der Waals surface area (Å²) in [6.45, 7) is -0.250. The SMILES string of the molecule is CCCN=C(NN)c1cccc(OC(F)F)c1. The molecule has 4 nitrogen and oxygen atoms in total. The van der Waals surface area contributed by atoms with E-state index in [1.165, 1.54) is 12.1 Å². The van der Waals surface area contributed by atoms with Gasteiger partial charge in [-0.05, 0) is 18.6 Å². The number of halogens is 2. The van der Waals surface area contributed by atoms with Crippen LogP contribution in [0.2, 0.25) is 0 Å². The van der Waals surface area contributed by atoms with E-state index in [4.69, 9.17) is 5.84 Å². The van der Waals surface area contributed by atoms with Gasteiger partial charge < -0.3 is 10.2 Å². The summed E-state index contributed by atoms with van der Waals surface area (Å²) in [7, 11) is 0. The van der Waals surface area contributed by atoms with Gasteiger partial charge >= 0.3 is 6.61 Å². The smallest absolute Gasteiger partial charge is 0.387 e. The van der Waals surface area contributed by atoms with E-state index in [9.17, 15) is 8.78 Å². The number of nitrogens with two attached hydrogens (primary N) is 1. The lowest BCUT2D eigenvalue weighted by Crippen LogP contribution is -2.31. The molecule has 0 saturated carbocycles. The molecule has 1 rings (SSSR count). The average Bonchev–Trinajstić information content (AvgIpc) is 2.30. The first-order chi connectivity index (χ1) is 8.17. The van der Waals surface area contributed by atoms with Crippen molar-refractivity contribution in [1.82, 2.24) is 5.43 Å². The van der Waals surface area contributed by atoms with Crippen molar-refractivity contribution in [2.24, 2.45) is 10.8 Å². The Morgan fingerprint density at radius 1 is 1.53 bits per heavy atom. The molecular weight excluding hydrogens is 228 g/mol. The zero-order chi connectivity index (χ0) is 12.7. The highest BCUT2D eigenvalue weighted by atomic mass is 19.3. The molecule has 17 heavy (non-hydrogen) atoms. The Balaban J connectivity index is 2.88. The minimum Gasteiger partial charge on any atom is -0.435 e. The van der Waals surface area contributed by atoms with Crippen LogP contribution in [0, 0.1) is 0 Å². The lowest BCUT2D eigenvalue weighted by Gasteiger charge is -2.08. The predicted molar refractivity (Wildman–Crippen MR) is 62.1 cm³/mol. The standard InChI is InChI=1S/C11H15F2N3O/c1-2-6-15-10(16-14)8-4-3-5-9(7-8)17-11(12)13/h3-5,7,11H,2,6,14H2,1H3,(H,15,16).